The summed E-state index contributed by atoms with van der Waals surface area (Å²) in [4.78, 5) is 2.29. The van der Waals surface area contributed by atoms with Gasteiger partial charge in [0, 0.05) is 35.6 Å². The molecule has 1 saturated carbocycles. The maximum atomic E-state index is 13.8. The zero-order valence-electron chi connectivity index (χ0n) is 11.6. The zero-order valence-corrected chi connectivity index (χ0v) is 13.2. The minimum atomic E-state index is -0.454. The van der Waals surface area contributed by atoms with E-state index in [0.29, 0.717) is 12.5 Å². The predicted molar refractivity (Wildman–Crippen MR) is 80.9 cm³/mol. The van der Waals surface area contributed by atoms with E-state index < -0.39 is 5.60 Å². The Kier molecular flexibility index (Phi) is 4.16. The molecule has 0 amide bonds. The van der Waals surface area contributed by atoms with Gasteiger partial charge in [-0.05, 0) is 37.5 Å². The quantitative estimate of drug-likeness (QED) is 0.886. The van der Waals surface area contributed by atoms with E-state index >= 15 is 0 Å². The lowest BCUT2D eigenvalue weighted by molar-refractivity contribution is -0.0969. The molecule has 1 heterocycles. The molecule has 0 aromatic heterocycles. The Hall–Kier alpha value is -0.450. The number of rotatable bonds is 2. The maximum absolute atomic E-state index is 13.8. The van der Waals surface area contributed by atoms with Gasteiger partial charge >= 0.3 is 0 Å². The van der Waals surface area contributed by atoms with Crippen molar-refractivity contribution in [3.63, 3.8) is 0 Å². The van der Waals surface area contributed by atoms with E-state index in [4.69, 9.17) is 0 Å². The van der Waals surface area contributed by atoms with Gasteiger partial charge < -0.3 is 5.11 Å². The molecule has 1 aromatic rings. The third-order valence-corrected chi connectivity index (χ3v) is 5.41. The molecule has 110 valence electrons. The Balaban J connectivity index is 1.69. The molecule has 1 N–H and O–H groups in total. The highest BCUT2D eigenvalue weighted by molar-refractivity contribution is 9.10. The first-order valence-corrected chi connectivity index (χ1v) is 8.25. The summed E-state index contributed by atoms with van der Waals surface area (Å²) in [5.41, 5.74) is 0.283. The van der Waals surface area contributed by atoms with Crippen LogP contribution in [0.25, 0.3) is 0 Å². The van der Waals surface area contributed by atoms with Crippen molar-refractivity contribution in [3.05, 3.63) is 34.1 Å². The first-order valence-electron chi connectivity index (χ1n) is 7.45. The molecule has 0 spiro atoms. The van der Waals surface area contributed by atoms with Gasteiger partial charge in [-0.25, -0.2) is 4.39 Å². The third kappa shape index (κ3) is 2.92. The fourth-order valence-corrected chi connectivity index (χ4v) is 4.10. The van der Waals surface area contributed by atoms with Crippen LogP contribution in [0.1, 0.15) is 37.7 Å². The molecule has 2 aliphatic rings. The van der Waals surface area contributed by atoms with Crippen molar-refractivity contribution in [2.45, 2.75) is 44.2 Å². The van der Waals surface area contributed by atoms with E-state index in [1.165, 1.54) is 12.5 Å². The van der Waals surface area contributed by atoms with Gasteiger partial charge in [-0.3, -0.25) is 4.90 Å². The van der Waals surface area contributed by atoms with E-state index in [-0.39, 0.29) is 5.82 Å². The second-order valence-electron chi connectivity index (χ2n) is 6.27. The van der Waals surface area contributed by atoms with E-state index in [1.807, 2.05) is 6.07 Å². The van der Waals surface area contributed by atoms with Crippen LogP contribution in [0.15, 0.2) is 22.7 Å². The third-order valence-electron chi connectivity index (χ3n) is 4.91. The average molecular weight is 342 g/mol. The summed E-state index contributed by atoms with van der Waals surface area (Å²) in [5.74, 6) is 0.220. The molecule has 2 atom stereocenters. The number of benzene rings is 1. The summed E-state index contributed by atoms with van der Waals surface area (Å²) in [5, 5.41) is 10.7. The van der Waals surface area contributed by atoms with Crippen molar-refractivity contribution >= 4 is 15.9 Å². The molecule has 4 heteroatoms. The lowest BCUT2D eigenvalue weighted by Gasteiger charge is -2.47. The van der Waals surface area contributed by atoms with Crippen LogP contribution in [0.4, 0.5) is 4.39 Å². The SMILES string of the molecule is OC12CCCCC1CN(Cc1cc(Br)ccc1F)CC2. The summed E-state index contributed by atoms with van der Waals surface area (Å²) in [6, 6.07) is 5.10. The van der Waals surface area contributed by atoms with Gasteiger partial charge in [-0.1, -0.05) is 28.8 Å². The molecule has 3 rings (SSSR count). The minimum absolute atomic E-state index is 0.141. The van der Waals surface area contributed by atoms with Gasteiger partial charge in [-0.2, -0.15) is 0 Å². The number of piperidine rings is 1. The fourth-order valence-electron chi connectivity index (χ4n) is 3.69. The standard InChI is InChI=1S/C16H21BrFNO/c17-14-4-5-15(18)12(9-14)10-19-8-7-16(20)6-2-1-3-13(16)11-19/h4-5,9,13,20H,1-3,6-8,10-11H2. The van der Waals surface area contributed by atoms with Gasteiger partial charge in [0.2, 0.25) is 0 Å². The number of hydrogen-bond acceptors (Lipinski definition) is 2. The molecular formula is C16H21BrFNO. The predicted octanol–water partition coefficient (Wildman–Crippen LogP) is 3.72. The van der Waals surface area contributed by atoms with Crippen molar-refractivity contribution in [2.75, 3.05) is 13.1 Å². The lowest BCUT2D eigenvalue weighted by Crippen LogP contribution is -2.53. The Bertz CT molecular complexity index is 495. The summed E-state index contributed by atoms with van der Waals surface area (Å²) < 4.78 is 14.8. The van der Waals surface area contributed by atoms with E-state index in [9.17, 15) is 9.50 Å². The van der Waals surface area contributed by atoms with Crippen LogP contribution < -0.4 is 0 Å². The maximum Gasteiger partial charge on any atom is 0.127 e. The summed E-state index contributed by atoms with van der Waals surface area (Å²) in [7, 11) is 0. The molecule has 1 saturated heterocycles. The highest BCUT2D eigenvalue weighted by atomic mass is 79.9. The number of likely N-dealkylation sites (tertiary alicyclic amines) is 1. The zero-order chi connectivity index (χ0) is 14.2. The average Bonchev–Trinajstić information content (AvgIpc) is 2.43. The van der Waals surface area contributed by atoms with Gasteiger partial charge in [0.05, 0.1) is 5.60 Å². The van der Waals surface area contributed by atoms with Crippen LogP contribution in [0.5, 0.6) is 0 Å². The van der Waals surface area contributed by atoms with Crippen LogP contribution in [-0.4, -0.2) is 28.7 Å². The Morgan fingerprint density at radius 2 is 2.20 bits per heavy atom. The summed E-state index contributed by atoms with van der Waals surface area (Å²) >= 11 is 3.40. The van der Waals surface area contributed by atoms with Crippen LogP contribution in [0.3, 0.4) is 0 Å². The number of halogens is 2. The number of nitrogens with zero attached hydrogens (tertiary/aromatic N) is 1. The van der Waals surface area contributed by atoms with Crippen molar-refractivity contribution in [3.8, 4) is 0 Å². The first kappa shape index (κ1) is 14.5. The summed E-state index contributed by atoms with van der Waals surface area (Å²) in [6.07, 6.45) is 5.23. The number of fused-ring (bicyclic) bond motifs is 1. The molecular weight excluding hydrogens is 321 g/mol. The smallest absolute Gasteiger partial charge is 0.127 e. The van der Waals surface area contributed by atoms with Crippen LogP contribution in [0.2, 0.25) is 0 Å². The molecule has 2 nitrogen and oxygen atoms in total. The van der Waals surface area contributed by atoms with Gasteiger partial charge in [0.1, 0.15) is 5.82 Å². The Morgan fingerprint density at radius 3 is 3.05 bits per heavy atom. The topological polar surface area (TPSA) is 23.5 Å². The van der Waals surface area contributed by atoms with Gasteiger partial charge in [-0.15, -0.1) is 0 Å². The molecule has 2 fully saturated rings. The van der Waals surface area contributed by atoms with Crippen molar-refractivity contribution in [1.29, 1.82) is 0 Å². The van der Waals surface area contributed by atoms with Crippen molar-refractivity contribution in [1.82, 2.24) is 4.90 Å². The molecule has 0 radical (unpaired) electrons. The molecule has 0 bridgehead atoms. The van der Waals surface area contributed by atoms with E-state index in [2.05, 4.69) is 20.8 Å². The van der Waals surface area contributed by atoms with Gasteiger partial charge in [0.15, 0.2) is 0 Å². The molecule has 1 aliphatic heterocycles. The highest BCUT2D eigenvalue weighted by Crippen LogP contribution is 2.40. The monoisotopic (exact) mass is 341 g/mol. The number of aliphatic hydroxyl groups is 1. The second kappa shape index (κ2) is 5.74. The second-order valence-corrected chi connectivity index (χ2v) is 7.18. The molecule has 1 aromatic carbocycles. The molecule has 20 heavy (non-hydrogen) atoms. The van der Waals surface area contributed by atoms with Crippen LogP contribution in [-0.2, 0) is 6.54 Å². The highest BCUT2D eigenvalue weighted by Gasteiger charge is 2.42. The Labute approximate surface area is 128 Å². The van der Waals surface area contributed by atoms with Crippen molar-refractivity contribution < 1.29 is 9.50 Å². The normalized spacial score (nSPS) is 31.1. The largest absolute Gasteiger partial charge is 0.390 e. The molecule has 1 aliphatic carbocycles. The lowest BCUT2D eigenvalue weighted by atomic mass is 9.71. The summed E-state index contributed by atoms with van der Waals surface area (Å²) in [6.45, 7) is 2.39. The van der Waals surface area contributed by atoms with E-state index in [0.717, 1.165) is 48.8 Å². The number of hydrogen-bond donors (Lipinski definition) is 1. The Morgan fingerprint density at radius 1 is 1.35 bits per heavy atom. The van der Waals surface area contributed by atoms with Crippen molar-refractivity contribution in [2.24, 2.45) is 5.92 Å². The van der Waals surface area contributed by atoms with E-state index in [1.54, 1.807) is 6.07 Å². The molecule has 2 unspecified atom stereocenters. The van der Waals surface area contributed by atoms with Crippen LogP contribution >= 0.6 is 15.9 Å². The fraction of sp³-hybridized carbons (Fsp3) is 0.625. The van der Waals surface area contributed by atoms with Crippen LogP contribution in [0, 0.1) is 11.7 Å². The van der Waals surface area contributed by atoms with Gasteiger partial charge in [0.25, 0.3) is 0 Å². The first-order chi connectivity index (χ1) is 9.57. The minimum Gasteiger partial charge on any atom is -0.390 e.